The van der Waals surface area contributed by atoms with Crippen LogP contribution in [0.5, 0.6) is 0 Å². The van der Waals surface area contributed by atoms with E-state index in [9.17, 15) is 0 Å². The lowest BCUT2D eigenvalue weighted by atomic mass is 9.92. The van der Waals surface area contributed by atoms with E-state index >= 15 is 0 Å². The third kappa shape index (κ3) is 2.81. The highest BCUT2D eigenvalue weighted by molar-refractivity contribution is 9.11. The van der Waals surface area contributed by atoms with Crippen LogP contribution in [0.2, 0.25) is 0 Å². The van der Waals surface area contributed by atoms with Crippen LogP contribution in [-0.2, 0) is 0 Å². The smallest absolute Gasteiger partial charge is 0.0181 e. The minimum absolute atomic E-state index is 1.09. The largest absolute Gasteiger partial charge is 0.0526 e. The molecule has 0 aliphatic heterocycles. The first-order valence-corrected chi connectivity index (χ1v) is 12.6. The third-order valence-corrected chi connectivity index (χ3v) is 7.81. The van der Waals surface area contributed by atoms with Crippen LogP contribution in [0.15, 0.2) is 90.7 Å². The highest BCUT2D eigenvalue weighted by Gasteiger charge is 2.32. The molecule has 0 saturated carbocycles. The molecule has 0 saturated heterocycles. The molecule has 0 spiro atoms. The van der Waals surface area contributed by atoms with Gasteiger partial charge in [0.2, 0.25) is 0 Å². The summed E-state index contributed by atoms with van der Waals surface area (Å²) in [6.45, 7) is 0. The molecule has 0 bridgehead atoms. The predicted octanol–water partition coefficient (Wildman–Crippen LogP) is 9.70. The van der Waals surface area contributed by atoms with Crippen molar-refractivity contribution in [3.05, 3.63) is 113 Å². The Hall–Kier alpha value is -1.46. The summed E-state index contributed by atoms with van der Waals surface area (Å²) >= 11 is 14.8. The SMILES string of the molecule is Brc1ccc2c(c1)C(=C1c3cc(Br)ccc3-c3ccc(Br)cc31)c1cc(Br)ccc1-2. The lowest BCUT2D eigenvalue weighted by Gasteiger charge is -2.12. The summed E-state index contributed by atoms with van der Waals surface area (Å²) < 4.78 is 4.36. The molecule has 0 fully saturated rings. The van der Waals surface area contributed by atoms with Gasteiger partial charge in [-0.1, -0.05) is 88.0 Å². The second-order valence-corrected chi connectivity index (χ2v) is 11.2. The van der Waals surface area contributed by atoms with Crippen LogP contribution in [0.3, 0.4) is 0 Å². The van der Waals surface area contributed by atoms with Gasteiger partial charge >= 0.3 is 0 Å². The van der Waals surface area contributed by atoms with Crippen molar-refractivity contribution in [3.8, 4) is 22.3 Å². The van der Waals surface area contributed by atoms with Crippen molar-refractivity contribution >= 4 is 74.9 Å². The topological polar surface area (TPSA) is 0 Å². The zero-order chi connectivity index (χ0) is 20.6. The number of benzene rings is 4. The molecule has 4 heteroatoms. The minimum Gasteiger partial charge on any atom is -0.0526 e. The van der Waals surface area contributed by atoms with Gasteiger partial charge in [-0.15, -0.1) is 0 Å². The van der Waals surface area contributed by atoms with Crippen LogP contribution >= 0.6 is 63.7 Å². The highest BCUT2D eigenvalue weighted by atomic mass is 79.9. The van der Waals surface area contributed by atoms with Crippen molar-refractivity contribution in [3.63, 3.8) is 0 Å². The van der Waals surface area contributed by atoms with E-state index in [1.54, 1.807) is 0 Å². The molecule has 0 radical (unpaired) electrons. The average molecular weight is 644 g/mol. The first-order chi connectivity index (χ1) is 14.5. The first kappa shape index (κ1) is 19.2. The normalized spacial score (nSPS) is 13.2. The molecule has 2 aliphatic carbocycles. The summed E-state index contributed by atoms with van der Waals surface area (Å²) in [5.74, 6) is 0. The Morgan fingerprint density at radius 1 is 0.300 bits per heavy atom. The highest BCUT2D eigenvalue weighted by Crippen LogP contribution is 2.55. The molecular weight excluding hydrogens is 632 g/mol. The Labute approximate surface area is 208 Å². The molecule has 0 atom stereocenters. The Kier molecular flexibility index (Phi) is 4.51. The molecule has 0 N–H and O–H groups in total. The molecule has 0 heterocycles. The maximum Gasteiger partial charge on any atom is 0.0181 e. The second-order valence-electron chi connectivity index (χ2n) is 7.51. The van der Waals surface area contributed by atoms with Crippen molar-refractivity contribution in [2.75, 3.05) is 0 Å². The van der Waals surface area contributed by atoms with E-state index in [2.05, 4.69) is 137 Å². The zero-order valence-electron chi connectivity index (χ0n) is 15.4. The molecule has 144 valence electrons. The summed E-state index contributed by atoms with van der Waals surface area (Å²) in [5, 5.41) is 0. The monoisotopic (exact) mass is 640 g/mol. The fourth-order valence-corrected chi connectivity index (χ4v) is 6.11. The lowest BCUT2D eigenvalue weighted by Crippen LogP contribution is -1.91. The lowest BCUT2D eigenvalue weighted by molar-refractivity contribution is 1.58. The van der Waals surface area contributed by atoms with E-state index < -0.39 is 0 Å². The van der Waals surface area contributed by atoms with Crippen molar-refractivity contribution in [1.29, 1.82) is 0 Å². The Morgan fingerprint density at radius 3 is 0.767 bits per heavy atom. The Morgan fingerprint density at radius 2 is 0.533 bits per heavy atom. The van der Waals surface area contributed by atoms with Crippen molar-refractivity contribution < 1.29 is 0 Å². The van der Waals surface area contributed by atoms with Crippen molar-refractivity contribution in [1.82, 2.24) is 0 Å². The van der Waals surface area contributed by atoms with Gasteiger partial charge in [-0.25, -0.2) is 0 Å². The van der Waals surface area contributed by atoms with Crippen LogP contribution in [0.25, 0.3) is 33.4 Å². The first-order valence-electron chi connectivity index (χ1n) is 9.46. The standard InChI is InChI=1S/C26H12Br4/c27-13-1-5-17-18-6-2-14(28)10-22(18)25(21(17)9-13)26-23-11-15(29)3-7-19(23)20-8-4-16(30)12-24(20)26/h1-12H. The van der Waals surface area contributed by atoms with E-state index in [1.165, 1.54) is 55.7 Å². The van der Waals surface area contributed by atoms with Gasteiger partial charge in [0.05, 0.1) is 0 Å². The fourth-order valence-electron chi connectivity index (χ4n) is 4.66. The predicted molar refractivity (Wildman–Crippen MR) is 140 cm³/mol. The van der Waals surface area contributed by atoms with Gasteiger partial charge in [0.1, 0.15) is 0 Å². The maximum atomic E-state index is 3.70. The molecule has 0 unspecified atom stereocenters. The van der Waals surface area contributed by atoms with Gasteiger partial charge in [-0.05, 0) is 104 Å². The Balaban J connectivity index is 1.82. The number of halogens is 4. The van der Waals surface area contributed by atoms with E-state index in [1.807, 2.05) is 0 Å². The quantitative estimate of drug-likeness (QED) is 0.155. The molecule has 0 nitrogen and oxygen atoms in total. The van der Waals surface area contributed by atoms with E-state index in [4.69, 9.17) is 0 Å². The van der Waals surface area contributed by atoms with Crippen LogP contribution in [-0.4, -0.2) is 0 Å². The van der Waals surface area contributed by atoms with Gasteiger partial charge in [0, 0.05) is 17.9 Å². The van der Waals surface area contributed by atoms with Crippen LogP contribution in [0.4, 0.5) is 0 Å². The molecule has 30 heavy (non-hydrogen) atoms. The summed E-state index contributed by atoms with van der Waals surface area (Å²) in [7, 11) is 0. The van der Waals surface area contributed by atoms with Crippen molar-refractivity contribution in [2.45, 2.75) is 0 Å². The van der Waals surface area contributed by atoms with Gasteiger partial charge in [0.25, 0.3) is 0 Å². The zero-order valence-corrected chi connectivity index (χ0v) is 21.8. The summed E-state index contributed by atoms with van der Waals surface area (Å²) in [6, 6.07) is 26.4. The van der Waals surface area contributed by atoms with E-state index in [0.29, 0.717) is 0 Å². The molecule has 0 amide bonds. The molecule has 4 aromatic rings. The molecule has 4 aromatic carbocycles. The Bertz CT molecular complexity index is 1210. The van der Waals surface area contributed by atoms with Gasteiger partial charge in [0.15, 0.2) is 0 Å². The van der Waals surface area contributed by atoms with Crippen molar-refractivity contribution in [2.24, 2.45) is 0 Å². The third-order valence-electron chi connectivity index (χ3n) is 5.83. The summed E-state index contributed by atoms with van der Waals surface area (Å²) in [5.41, 5.74) is 12.8. The number of hydrogen-bond acceptors (Lipinski definition) is 0. The number of rotatable bonds is 0. The molecule has 6 rings (SSSR count). The van der Waals surface area contributed by atoms with E-state index in [0.717, 1.165) is 17.9 Å². The average Bonchev–Trinajstić information content (AvgIpc) is 3.18. The molecule has 0 aromatic heterocycles. The summed E-state index contributed by atoms with van der Waals surface area (Å²) in [4.78, 5) is 0. The van der Waals surface area contributed by atoms with Crippen LogP contribution < -0.4 is 0 Å². The minimum atomic E-state index is 1.09. The summed E-state index contributed by atoms with van der Waals surface area (Å²) in [6.07, 6.45) is 0. The number of fused-ring (bicyclic) bond motifs is 6. The van der Waals surface area contributed by atoms with Gasteiger partial charge < -0.3 is 0 Å². The van der Waals surface area contributed by atoms with Gasteiger partial charge in [-0.3, -0.25) is 0 Å². The van der Waals surface area contributed by atoms with E-state index in [-0.39, 0.29) is 0 Å². The van der Waals surface area contributed by atoms with Gasteiger partial charge in [-0.2, -0.15) is 0 Å². The maximum absolute atomic E-state index is 3.70. The molecular formula is C26H12Br4. The fraction of sp³-hybridized carbons (Fsp3) is 0. The molecule has 2 aliphatic rings. The van der Waals surface area contributed by atoms with Crippen LogP contribution in [0, 0.1) is 0 Å². The van der Waals surface area contributed by atoms with Crippen LogP contribution in [0.1, 0.15) is 22.3 Å². The number of hydrogen-bond donors (Lipinski definition) is 0. The second kappa shape index (κ2) is 7.03.